The molecule has 0 aromatic carbocycles. The van der Waals surface area contributed by atoms with E-state index in [1.807, 2.05) is 56.7 Å². The molecular weight excluding hydrogens is 418 g/mol. The van der Waals surface area contributed by atoms with E-state index in [2.05, 4.69) is 15.2 Å². The van der Waals surface area contributed by atoms with Crippen molar-refractivity contribution in [3.05, 3.63) is 57.3 Å². The second kappa shape index (κ2) is 8.20. The molecule has 4 heterocycles. The van der Waals surface area contributed by atoms with Gasteiger partial charge in [-0.15, -0.1) is 5.10 Å². The zero-order valence-electron chi connectivity index (χ0n) is 19.7. The van der Waals surface area contributed by atoms with E-state index in [1.54, 1.807) is 9.36 Å². The first-order valence-electron chi connectivity index (χ1n) is 11.6. The van der Waals surface area contributed by atoms with E-state index in [1.165, 1.54) is 18.5 Å². The van der Waals surface area contributed by atoms with Gasteiger partial charge < -0.3 is 10.2 Å². The van der Waals surface area contributed by atoms with Crippen molar-refractivity contribution in [2.24, 2.45) is 7.05 Å². The number of amides is 1. The average Bonchev–Trinajstić information content (AvgIpc) is 3.29. The number of allylic oxidation sites excluding steroid dienone is 2. The van der Waals surface area contributed by atoms with Gasteiger partial charge in [-0.2, -0.15) is 0 Å². The fourth-order valence-corrected chi connectivity index (χ4v) is 4.55. The number of carbonyl (C=O) groups excluding carboxylic acids is 1. The molecule has 2 aliphatic rings. The number of imidazole rings is 1. The molecule has 1 N–H and O–H groups in total. The smallest absolute Gasteiger partial charge is 0.280 e. The van der Waals surface area contributed by atoms with Gasteiger partial charge in [0.1, 0.15) is 11.4 Å². The normalized spacial score (nSPS) is 18.2. The molecular formula is C24H31N7O2. The quantitative estimate of drug-likeness (QED) is 0.584. The summed E-state index contributed by atoms with van der Waals surface area (Å²) in [5.74, 6) is 1.16. The van der Waals surface area contributed by atoms with Crippen molar-refractivity contribution in [2.75, 3.05) is 18.0 Å². The summed E-state index contributed by atoms with van der Waals surface area (Å²) in [6, 6.07) is 3.96. The number of fused-ring (bicyclic) bond motifs is 1. The molecule has 3 aromatic rings. The number of hydrogen-bond donors (Lipinski definition) is 1. The largest absolute Gasteiger partial charge is 0.353 e. The molecule has 33 heavy (non-hydrogen) atoms. The lowest BCUT2D eigenvalue weighted by atomic mass is 10.2. The van der Waals surface area contributed by atoms with Gasteiger partial charge >= 0.3 is 0 Å². The Kier molecular flexibility index (Phi) is 5.34. The summed E-state index contributed by atoms with van der Waals surface area (Å²) >= 11 is 0. The van der Waals surface area contributed by atoms with Crippen molar-refractivity contribution in [2.45, 2.75) is 58.5 Å². The van der Waals surface area contributed by atoms with Crippen molar-refractivity contribution in [1.29, 1.82) is 0 Å². The zero-order valence-corrected chi connectivity index (χ0v) is 19.7. The summed E-state index contributed by atoms with van der Waals surface area (Å²) in [5.41, 5.74) is 3.83. The van der Waals surface area contributed by atoms with Gasteiger partial charge in [0.2, 0.25) is 0 Å². The minimum absolute atomic E-state index is 0.0362. The monoisotopic (exact) mass is 449 g/mol. The second-order valence-electron chi connectivity index (χ2n) is 9.48. The number of hydrogen-bond acceptors (Lipinski definition) is 5. The highest BCUT2D eigenvalue weighted by molar-refractivity contribution is 5.95. The summed E-state index contributed by atoms with van der Waals surface area (Å²) < 4.78 is 5.32. The van der Waals surface area contributed by atoms with E-state index >= 15 is 0 Å². The second-order valence-corrected chi connectivity index (χ2v) is 9.48. The molecule has 1 aliphatic heterocycles. The Labute approximate surface area is 192 Å². The van der Waals surface area contributed by atoms with Crippen molar-refractivity contribution in [1.82, 2.24) is 29.3 Å². The van der Waals surface area contributed by atoms with Gasteiger partial charge in [-0.05, 0) is 52.2 Å². The molecule has 5 rings (SSSR count). The molecule has 3 aromatic heterocycles. The van der Waals surface area contributed by atoms with Crippen LogP contribution in [0.25, 0.3) is 5.65 Å². The van der Waals surface area contributed by atoms with Crippen molar-refractivity contribution in [3.63, 3.8) is 0 Å². The van der Waals surface area contributed by atoms with Gasteiger partial charge in [0.25, 0.3) is 11.5 Å². The van der Waals surface area contributed by atoms with Crippen LogP contribution in [0.1, 0.15) is 60.8 Å². The van der Waals surface area contributed by atoms with Gasteiger partial charge in [-0.25, -0.2) is 14.2 Å². The molecule has 9 nitrogen and oxygen atoms in total. The highest BCUT2D eigenvalue weighted by atomic mass is 16.2. The third-order valence-electron chi connectivity index (χ3n) is 6.77. The van der Waals surface area contributed by atoms with E-state index in [0.29, 0.717) is 24.7 Å². The SMILES string of the molecule is CC(C)=CCn1c(=O)c(C(=O)N[C@H]2CCN(c3ccc4ncc(C5CC5)n4n3)C2)c(C)n1C. The van der Waals surface area contributed by atoms with E-state index in [9.17, 15) is 9.59 Å². The first kappa shape index (κ1) is 21.5. The third kappa shape index (κ3) is 3.96. The average molecular weight is 450 g/mol. The molecule has 0 radical (unpaired) electrons. The predicted octanol–water partition coefficient (Wildman–Crippen LogP) is 2.39. The Morgan fingerprint density at radius 1 is 1.24 bits per heavy atom. The fourth-order valence-electron chi connectivity index (χ4n) is 4.55. The first-order valence-corrected chi connectivity index (χ1v) is 11.6. The maximum atomic E-state index is 13.1. The molecule has 1 amide bonds. The summed E-state index contributed by atoms with van der Waals surface area (Å²) in [6.45, 7) is 7.72. The number of rotatable bonds is 6. The number of nitrogens with zero attached hydrogens (tertiary/aromatic N) is 6. The number of carbonyl (C=O) groups is 1. The van der Waals surface area contributed by atoms with E-state index in [-0.39, 0.29) is 23.1 Å². The molecule has 1 saturated heterocycles. The molecule has 2 fully saturated rings. The summed E-state index contributed by atoms with van der Waals surface area (Å²) in [6.07, 6.45) is 7.13. The zero-order chi connectivity index (χ0) is 23.3. The lowest BCUT2D eigenvalue weighted by Crippen LogP contribution is -2.39. The highest BCUT2D eigenvalue weighted by Crippen LogP contribution is 2.40. The minimum atomic E-state index is -0.301. The van der Waals surface area contributed by atoms with E-state index in [4.69, 9.17) is 5.10 Å². The maximum absolute atomic E-state index is 13.1. The van der Waals surface area contributed by atoms with Gasteiger partial charge in [0.05, 0.1) is 18.4 Å². The molecule has 0 bridgehead atoms. The molecule has 1 atom stereocenters. The van der Waals surface area contributed by atoms with Crippen LogP contribution in [0.3, 0.4) is 0 Å². The minimum Gasteiger partial charge on any atom is -0.353 e. The number of aromatic nitrogens is 5. The van der Waals surface area contributed by atoms with Crippen molar-refractivity contribution >= 4 is 17.4 Å². The molecule has 1 aliphatic carbocycles. The standard InChI is InChI=1S/C24H31N7O2/c1-15(2)9-12-30-24(33)22(16(3)28(30)4)23(32)26-18-10-11-29(14-18)21-8-7-20-25-13-19(17-5-6-17)31(20)27-21/h7-9,13,17-18H,5-6,10-12,14H2,1-4H3,(H,26,32)/t18-/m0/s1. The van der Waals surface area contributed by atoms with Gasteiger partial charge in [-0.3, -0.25) is 14.3 Å². The Balaban J connectivity index is 1.30. The Morgan fingerprint density at radius 2 is 2.03 bits per heavy atom. The number of nitrogens with one attached hydrogen (secondary N) is 1. The topological polar surface area (TPSA) is 89.5 Å². The van der Waals surface area contributed by atoms with Crippen LogP contribution >= 0.6 is 0 Å². The first-order chi connectivity index (χ1) is 15.8. The molecule has 174 valence electrons. The third-order valence-corrected chi connectivity index (χ3v) is 6.77. The lowest BCUT2D eigenvalue weighted by molar-refractivity contribution is 0.0938. The number of anilines is 1. The van der Waals surface area contributed by atoms with Crippen LogP contribution in [-0.2, 0) is 13.6 Å². The van der Waals surface area contributed by atoms with Crippen molar-refractivity contribution in [3.8, 4) is 0 Å². The highest BCUT2D eigenvalue weighted by Gasteiger charge is 2.30. The van der Waals surface area contributed by atoms with Crippen LogP contribution < -0.4 is 15.8 Å². The van der Waals surface area contributed by atoms with Crippen LogP contribution in [0.2, 0.25) is 0 Å². The van der Waals surface area contributed by atoms with Crippen LogP contribution in [0.5, 0.6) is 0 Å². The summed E-state index contributed by atoms with van der Waals surface area (Å²) in [5, 5.41) is 7.92. The Bertz CT molecular complexity index is 1300. The maximum Gasteiger partial charge on any atom is 0.280 e. The predicted molar refractivity (Wildman–Crippen MR) is 127 cm³/mol. The van der Waals surface area contributed by atoms with Gasteiger partial charge in [0.15, 0.2) is 5.65 Å². The van der Waals surface area contributed by atoms with E-state index in [0.717, 1.165) is 30.0 Å². The Morgan fingerprint density at radius 3 is 2.76 bits per heavy atom. The van der Waals surface area contributed by atoms with Gasteiger partial charge in [0, 0.05) is 37.8 Å². The molecule has 1 saturated carbocycles. The summed E-state index contributed by atoms with van der Waals surface area (Å²) in [4.78, 5) is 32.7. The van der Waals surface area contributed by atoms with Crippen LogP contribution in [0, 0.1) is 6.92 Å². The fraction of sp³-hybridized carbons (Fsp3) is 0.500. The van der Waals surface area contributed by atoms with Crippen LogP contribution in [0.4, 0.5) is 5.82 Å². The Hall–Kier alpha value is -3.36. The molecule has 0 spiro atoms. The summed E-state index contributed by atoms with van der Waals surface area (Å²) in [7, 11) is 1.82. The lowest BCUT2D eigenvalue weighted by Gasteiger charge is -2.18. The van der Waals surface area contributed by atoms with Crippen molar-refractivity contribution < 1.29 is 4.79 Å². The van der Waals surface area contributed by atoms with Crippen LogP contribution in [0.15, 0.2) is 34.8 Å². The van der Waals surface area contributed by atoms with Crippen LogP contribution in [-0.4, -0.2) is 49.0 Å². The molecule has 9 heteroatoms. The van der Waals surface area contributed by atoms with E-state index < -0.39 is 0 Å². The molecule has 0 unspecified atom stereocenters. The van der Waals surface area contributed by atoms with Gasteiger partial charge in [-0.1, -0.05) is 11.6 Å².